The lowest BCUT2D eigenvalue weighted by molar-refractivity contribution is -0.141. The van der Waals surface area contributed by atoms with Crippen molar-refractivity contribution in [1.82, 2.24) is 10.2 Å². The predicted octanol–water partition coefficient (Wildman–Crippen LogP) is 4.10. The molecule has 5 heteroatoms. The number of benzene rings is 2. The Balaban J connectivity index is 2.02. The minimum atomic E-state index is -0.473. The number of amides is 2. The minimum Gasteiger partial charge on any atom is -0.494 e. The molecule has 0 fully saturated rings. The molecular weight excluding hydrogens is 364 g/mol. The topological polar surface area (TPSA) is 58.6 Å². The summed E-state index contributed by atoms with van der Waals surface area (Å²) in [4.78, 5) is 27.3. The van der Waals surface area contributed by atoms with Crippen molar-refractivity contribution in [2.75, 3.05) is 13.2 Å². The van der Waals surface area contributed by atoms with Gasteiger partial charge in [0.05, 0.1) is 6.61 Å². The van der Waals surface area contributed by atoms with Crippen LogP contribution in [0, 0.1) is 6.92 Å². The minimum absolute atomic E-state index is 0.0275. The molecule has 0 radical (unpaired) electrons. The highest BCUT2D eigenvalue weighted by molar-refractivity contribution is 5.87. The SMILES string of the molecule is CCNC(=O)C(CC)N(Cc1ccc(C)cc1)C(=O)CCCOc1ccccc1. The number of nitrogens with one attached hydrogen (secondary N) is 1. The number of ether oxygens (including phenoxy) is 1. The van der Waals surface area contributed by atoms with E-state index < -0.39 is 6.04 Å². The van der Waals surface area contributed by atoms with Crippen LogP contribution in [0.1, 0.15) is 44.2 Å². The Labute approximate surface area is 174 Å². The second-order valence-corrected chi connectivity index (χ2v) is 7.09. The molecular formula is C24H32N2O3. The maximum atomic E-state index is 13.0. The zero-order chi connectivity index (χ0) is 21.1. The standard InChI is InChI=1S/C24H32N2O3/c1-4-22(24(28)25-5-2)26(18-20-15-13-19(3)14-16-20)23(27)12-9-17-29-21-10-7-6-8-11-21/h6-8,10-11,13-16,22H,4-5,9,12,17-18H2,1-3H3,(H,25,28). The van der Waals surface area contributed by atoms with Crippen molar-refractivity contribution in [3.63, 3.8) is 0 Å². The number of carbonyl (C=O) groups is 2. The maximum Gasteiger partial charge on any atom is 0.242 e. The van der Waals surface area contributed by atoms with E-state index in [-0.39, 0.29) is 11.8 Å². The van der Waals surface area contributed by atoms with E-state index in [0.29, 0.717) is 39.0 Å². The van der Waals surface area contributed by atoms with Crippen LogP contribution in [-0.2, 0) is 16.1 Å². The summed E-state index contributed by atoms with van der Waals surface area (Å²) in [6, 6.07) is 17.2. The zero-order valence-corrected chi connectivity index (χ0v) is 17.7. The molecule has 2 aromatic carbocycles. The van der Waals surface area contributed by atoms with E-state index in [4.69, 9.17) is 4.74 Å². The van der Waals surface area contributed by atoms with E-state index in [1.807, 2.05) is 75.4 Å². The van der Waals surface area contributed by atoms with Crippen LogP contribution in [-0.4, -0.2) is 35.9 Å². The molecule has 1 unspecified atom stereocenters. The van der Waals surface area contributed by atoms with Crippen molar-refractivity contribution in [3.8, 4) is 5.75 Å². The maximum absolute atomic E-state index is 13.0. The first-order valence-corrected chi connectivity index (χ1v) is 10.4. The monoisotopic (exact) mass is 396 g/mol. The molecule has 0 saturated carbocycles. The van der Waals surface area contributed by atoms with Crippen molar-refractivity contribution in [2.45, 2.75) is 52.6 Å². The first-order valence-electron chi connectivity index (χ1n) is 10.4. The smallest absolute Gasteiger partial charge is 0.242 e. The Kier molecular flexibility index (Phi) is 9.22. The summed E-state index contributed by atoms with van der Waals surface area (Å²) in [6.45, 7) is 7.29. The van der Waals surface area contributed by atoms with Crippen molar-refractivity contribution in [1.29, 1.82) is 0 Å². The van der Waals surface area contributed by atoms with Crippen molar-refractivity contribution >= 4 is 11.8 Å². The third-order valence-electron chi connectivity index (χ3n) is 4.76. The molecule has 0 aliphatic heterocycles. The van der Waals surface area contributed by atoms with Crippen LogP contribution in [0.15, 0.2) is 54.6 Å². The Hall–Kier alpha value is -2.82. The average molecular weight is 397 g/mol. The highest BCUT2D eigenvalue weighted by atomic mass is 16.5. The number of carbonyl (C=O) groups excluding carboxylic acids is 2. The molecule has 0 saturated heterocycles. The summed E-state index contributed by atoms with van der Waals surface area (Å²) >= 11 is 0. The lowest BCUT2D eigenvalue weighted by Crippen LogP contribution is -2.49. The van der Waals surface area contributed by atoms with E-state index in [1.54, 1.807) is 4.90 Å². The van der Waals surface area contributed by atoms with E-state index in [2.05, 4.69) is 5.32 Å². The average Bonchev–Trinajstić information content (AvgIpc) is 2.73. The van der Waals surface area contributed by atoms with Gasteiger partial charge in [-0.15, -0.1) is 0 Å². The number of para-hydroxylation sites is 1. The fourth-order valence-electron chi connectivity index (χ4n) is 3.18. The number of hydrogen-bond donors (Lipinski definition) is 1. The normalized spacial score (nSPS) is 11.6. The van der Waals surface area contributed by atoms with Crippen LogP contribution in [0.4, 0.5) is 0 Å². The highest BCUT2D eigenvalue weighted by Crippen LogP contribution is 2.15. The van der Waals surface area contributed by atoms with E-state index in [9.17, 15) is 9.59 Å². The van der Waals surface area contributed by atoms with Crippen LogP contribution in [0.2, 0.25) is 0 Å². The summed E-state index contributed by atoms with van der Waals surface area (Å²) in [5.74, 6) is 0.668. The lowest BCUT2D eigenvalue weighted by Gasteiger charge is -2.30. The number of likely N-dealkylation sites (N-methyl/N-ethyl adjacent to an activating group) is 1. The van der Waals surface area contributed by atoms with E-state index in [0.717, 1.165) is 11.3 Å². The van der Waals surface area contributed by atoms with Gasteiger partial charge in [0.2, 0.25) is 11.8 Å². The molecule has 0 aromatic heterocycles. The van der Waals surface area contributed by atoms with Crippen LogP contribution in [0.5, 0.6) is 5.75 Å². The van der Waals surface area contributed by atoms with Gasteiger partial charge in [-0.2, -0.15) is 0 Å². The van der Waals surface area contributed by atoms with Crippen molar-refractivity contribution in [2.24, 2.45) is 0 Å². The molecule has 1 atom stereocenters. The molecule has 29 heavy (non-hydrogen) atoms. The van der Waals surface area contributed by atoms with Crippen LogP contribution >= 0.6 is 0 Å². The van der Waals surface area contributed by atoms with Crippen LogP contribution in [0.25, 0.3) is 0 Å². The predicted molar refractivity (Wildman–Crippen MR) is 116 cm³/mol. The molecule has 2 rings (SSSR count). The fraction of sp³-hybridized carbons (Fsp3) is 0.417. The largest absolute Gasteiger partial charge is 0.494 e. The summed E-state index contributed by atoms with van der Waals surface area (Å²) in [6.07, 6.45) is 1.52. The summed E-state index contributed by atoms with van der Waals surface area (Å²) in [5, 5.41) is 2.86. The lowest BCUT2D eigenvalue weighted by atomic mass is 10.1. The summed E-state index contributed by atoms with van der Waals surface area (Å²) in [5.41, 5.74) is 2.19. The Morgan fingerprint density at radius 2 is 1.72 bits per heavy atom. The van der Waals surface area contributed by atoms with Gasteiger partial charge in [0, 0.05) is 19.5 Å². The molecule has 2 aromatic rings. The first kappa shape index (κ1) is 22.5. The number of aryl methyl sites for hydroxylation is 1. The van der Waals surface area contributed by atoms with Gasteiger partial charge in [-0.1, -0.05) is 55.0 Å². The van der Waals surface area contributed by atoms with Crippen molar-refractivity contribution in [3.05, 3.63) is 65.7 Å². The van der Waals surface area contributed by atoms with Crippen LogP contribution < -0.4 is 10.1 Å². The van der Waals surface area contributed by atoms with Gasteiger partial charge in [0.15, 0.2) is 0 Å². The van der Waals surface area contributed by atoms with E-state index >= 15 is 0 Å². The van der Waals surface area contributed by atoms with Crippen molar-refractivity contribution < 1.29 is 14.3 Å². The van der Waals surface area contributed by atoms with Gasteiger partial charge in [-0.25, -0.2) is 0 Å². The molecule has 0 heterocycles. The van der Waals surface area contributed by atoms with Gasteiger partial charge < -0.3 is 15.0 Å². The highest BCUT2D eigenvalue weighted by Gasteiger charge is 2.27. The molecule has 0 spiro atoms. The zero-order valence-electron chi connectivity index (χ0n) is 17.7. The molecule has 2 amide bonds. The Morgan fingerprint density at radius 1 is 1.03 bits per heavy atom. The van der Waals surface area contributed by atoms with Gasteiger partial charge in [0.25, 0.3) is 0 Å². The third kappa shape index (κ3) is 7.26. The summed E-state index contributed by atoms with van der Waals surface area (Å²) < 4.78 is 5.69. The molecule has 0 aliphatic carbocycles. The molecule has 0 bridgehead atoms. The number of hydrogen-bond acceptors (Lipinski definition) is 3. The fourth-order valence-corrected chi connectivity index (χ4v) is 3.18. The number of rotatable bonds is 11. The Morgan fingerprint density at radius 3 is 2.34 bits per heavy atom. The third-order valence-corrected chi connectivity index (χ3v) is 4.76. The molecule has 156 valence electrons. The van der Waals surface area contributed by atoms with Gasteiger partial charge in [-0.05, 0) is 44.4 Å². The quantitative estimate of drug-likeness (QED) is 0.582. The van der Waals surface area contributed by atoms with Gasteiger partial charge in [0.1, 0.15) is 11.8 Å². The number of nitrogens with zero attached hydrogens (tertiary/aromatic N) is 1. The molecule has 5 nitrogen and oxygen atoms in total. The van der Waals surface area contributed by atoms with E-state index in [1.165, 1.54) is 5.56 Å². The molecule has 1 N–H and O–H groups in total. The summed E-state index contributed by atoms with van der Waals surface area (Å²) in [7, 11) is 0. The Bertz CT molecular complexity index is 759. The van der Waals surface area contributed by atoms with Crippen LogP contribution in [0.3, 0.4) is 0 Å². The first-order chi connectivity index (χ1) is 14.0. The van der Waals surface area contributed by atoms with Gasteiger partial charge >= 0.3 is 0 Å². The second-order valence-electron chi connectivity index (χ2n) is 7.09. The van der Waals surface area contributed by atoms with Gasteiger partial charge in [-0.3, -0.25) is 9.59 Å². The molecule has 0 aliphatic rings. The second kappa shape index (κ2) is 11.9.